The fourth-order valence-electron chi connectivity index (χ4n) is 2.20. The Morgan fingerprint density at radius 3 is 2.50 bits per heavy atom. The highest BCUT2D eigenvalue weighted by atomic mass is 16.1. The number of aryl methyl sites for hydroxylation is 1. The van der Waals surface area contributed by atoms with Crippen LogP contribution in [0.2, 0.25) is 0 Å². The highest BCUT2D eigenvalue weighted by Gasteiger charge is 2.14. The van der Waals surface area contributed by atoms with Crippen molar-refractivity contribution in [3.8, 4) is 0 Å². The fraction of sp³-hybridized carbons (Fsp3) is 0.562. The second kappa shape index (κ2) is 6.69. The Hall–Kier alpha value is -1.15. The highest BCUT2D eigenvalue weighted by molar-refractivity contribution is 5.75. The van der Waals surface area contributed by atoms with E-state index in [4.69, 9.17) is 0 Å². The van der Waals surface area contributed by atoms with Gasteiger partial charge < -0.3 is 10.1 Å². The molecule has 0 aliphatic rings. The lowest BCUT2D eigenvalue weighted by molar-refractivity contribution is -0.117. The minimum atomic E-state index is 0.257. The van der Waals surface area contributed by atoms with Gasteiger partial charge in [0.1, 0.15) is 5.78 Å². The van der Waals surface area contributed by atoms with Crippen LogP contribution in [0.5, 0.6) is 0 Å². The maximum atomic E-state index is 11.1. The molecule has 1 aromatic rings. The normalized spacial score (nSPS) is 12.8. The quantitative estimate of drug-likeness (QED) is 0.829. The molecule has 0 aliphatic heterocycles. The zero-order chi connectivity index (χ0) is 13.7. The Bertz CT molecular complexity index is 410. The molecule has 1 rings (SSSR count). The number of carbonyl (C=O) groups excluding carboxylic acids is 1. The molecule has 0 aromatic heterocycles. The Morgan fingerprint density at radius 1 is 1.33 bits per heavy atom. The minimum Gasteiger partial charge on any atom is -0.313 e. The van der Waals surface area contributed by atoms with E-state index in [0.717, 1.165) is 6.42 Å². The minimum absolute atomic E-state index is 0.257. The molecule has 1 aromatic carbocycles. The van der Waals surface area contributed by atoms with Gasteiger partial charge in [-0.3, -0.25) is 0 Å². The summed E-state index contributed by atoms with van der Waals surface area (Å²) in [5.41, 5.74) is 3.98. The van der Waals surface area contributed by atoms with E-state index in [1.165, 1.54) is 16.7 Å². The molecule has 0 spiro atoms. The SMILES string of the molecule is CNC(CCC(C)=O)c1cc(C(C)C)ccc1C. The van der Waals surface area contributed by atoms with E-state index >= 15 is 0 Å². The lowest BCUT2D eigenvalue weighted by Gasteiger charge is -2.20. The summed E-state index contributed by atoms with van der Waals surface area (Å²) in [5.74, 6) is 0.794. The molecule has 0 fully saturated rings. The Balaban J connectivity index is 2.96. The number of rotatable bonds is 6. The van der Waals surface area contributed by atoms with Crippen molar-refractivity contribution in [2.75, 3.05) is 7.05 Å². The molecule has 2 heteroatoms. The van der Waals surface area contributed by atoms with Crippen LogP contribution >= 0.6 is 0 Å². The maximum Gasteiger partial charge on any atom is 0.129 e. The van der Waals surface area contributed by atoms with Crippen LogP contribution in [0.1, 0.15) is 62.3 Å². The summed E-state index contributed by atoms with van der Waals surface area (Å²) in [5, 5.41) is 3.33. The lowest BCUT2D eigenvalue weighted by Crippen LogP contribution is -2.18. The number of hydrogen-bond acceptors (Lipinski definition) is 2. The van der Waals surface area contributed by atoms with Crippen LogP contribution in [0.4, 0.5) is 0 Å². The van der Waals surface area contributed by atoms with Crippen LogP contribution in [0.15, 0.2) is 18.2 Å². The third kappa shape index (κ3) is 3.95. The molecule has 0 radical (unpaired) electrons. The summed E-state index contributed by atoms with van der Waals surface area (Å²) in [6.07, 6.45) is 1.51. The van der Waals surface area contributed by atoms with E-state index in [1.54, 1.807) is 6.92 Å². The van der Waals surface area contributed by atoms with Gasteiger partial charge in [-0.2, -0.15) is 0 Å². The van der Waals surface area contributed by atoms with Gasteiger partial charge in [-0.25, -0.2) is 0 Å². The Labute approximate surface area is 111 Å². The number of hydrogen-bond donors (Lipinski definition) is 1. The first-order valence-electron chi connectivity index (χ1n) is 6.72. The number of carbonyl (C=O) groups is 1. The molecule has 1 unspecified atom stereocenters. The monoisotopic (exact) mass is 247 g/mol. The number of Topliss-reactive ketones (excluding diaryl/α,β-unsaturated/α-hetero) is 1. The maximum absolute atomic E-state index is 11.1. The van der Waals surface area contributed by atoms with Gasteiger partial charge in [0.15, 0.2) is 0 Å². The molecule has 0 aliphatic carbocycles. The molecule has 0 bridgehead atoms. The summed E-state index contributed by atoms with van der Waals surface area (Å²) < 4.78 is 0. The van der Waals surface area contributed by atoms with Crippen LogP contribution in [-0.2, 0) is 4.79 Å². The number of ketones is 1. The largest absolute Gasteiger partial charge is 0.313 e. The summed E-state index contributed by atoms with van der Waals surface area (Å²) in [6.45, 7) is 8.21. The third-order valence-corrected chi connectivity index (χ3v) is 3.48. The van der Waals surface area contributed by atoms with Gasteiger partial charge in [0.25, 0.3) is 0 Å². The zero-order valence-corrected chi connectivity index (χ0v) is 12.2. The van der Waals surface area contributed by atoms with E-state index in [-0.39, 0.29) is 11.8 Å². The predicted molar refractivity (Wildman–Crippen MR) is 77.0 cm³/mol. The molecular weight excluding hydrogens is 222 g/mol. The van der Waals surface area contributed by atoms with Crippen molar-refractivity contribution in [2.24, 2.45) is 0 Å². The van der Waals surface area contributed by atoms with Gasteiger partial charge in [-0.05, 0) is 49.9 Å². The van der Waals surface area contributed by atoms with Crippen molar-refractivity contribution in [2.45, 2.75) is 52.5 Å². The van der Waals surface area contributed by atoms with E-state index < -0.39 is 0 Å². The van der Waals surface area contributed by atoms with Crippen molar-refractivity contribution in [1.82, 2.24) is 5.32 Å². The van der Waals surface area contributed by atoms with E-state index in [9.17, 15) is 4.79 Å². The summed E-state index contributed by atoms with van der Waals surface area (Å²) in [6, 6.07) is 6.93. The lowest BCUT2D eigenvalue weighted by atomic mass is 9.92. The molecule has 100 valence electrons. The highest BCUT2D eigenvalue weighted by Crippen LogP contribution is 2.26. The third-order valence-electron chi connectivity index (χ3n) is 3.48. The smallest absolute Gasteiger partial charge is 0.129 e. The molecule has 0 heterocycles. The van der Waals surface area contributed by atoms with E-state index in [2.05, 4.69) is 44.3 Å². The molecule has 0 saturated heterocycles. The van der Waals surface area contributed by atoms with Gasteiger partial charge in [0, 0.05) is 12.5 Å². The van der Waals surface area contributed by atoms with Crippen LogP contribution in [0, 0.1) is 6.92 Å². The first-order chi connectivity index (χ1) is 8.45. The van der Waals surface area contributed by atoms with Gasteiger partial charge in [0.05, 0.1) is 0 Å². The summed E-state index contributed by atoms with van der Waals surface area (Å²) in [4.78, 5) is 11.1. The van der Waals surface area contributed by atoms with Crippen LogP contribution in [-0.4, -0.2) is 12.8 Å². The fourth-order valence-corrected chi connectivity index (χ4v) is 2.20. The second-order valence-corrected chi connectivity index (χ2v) is 5.35. The van der Waals surface area contributed by atoms with Crippen molar-refractivity contribution >= 4 is 5.78 Å². The average Bonchev–Trinajstić information content (AvgIpc) is 2.31. The van der Waals surface area contributed by atoms with Crippen molar-refractivity contribution < 1.29 is 4.79 Å². The first-order valence-corrected chi connectivity index (χ1v) is 6.72. The van der Waals surface area contributed by atoms with Gasteiger partial charge in [-0.15, -0.1) is 0 Å². The molecular formula is C16H25NO. The van der Waals surface area contributed by atoms with E-state index in [1.807, 2.05) is 7.05 Å². The standard InChI is InChI=1S/C16H25NO/c1-11(2)14-8-6-12(3)15(10-14)16(17-5)9-7-13(4)18/h6,8,10-11,16-17H,7,9H2,1-5H3. The van der Waals surface area contributed by atoms with Gasteiger partial charge >= 0.3 is 0 Å². The van der Waals surface area contributed by atoms with Crippen molar-refractivity contribution in [3.05, 3.63) is 34.9 Å². The number of benzene rings is 1. The molecule has 1 atom stereocenters. The molecule has 1 N–H and O–H groups in total. The molecule has 18 heavy (non-hydrogen) atoms. The topological polar surface area (TPSA) is 29.1 Å². The van der Waals surface area contributed by atoms with Gasteiger partial charge in [0.2, 0.25) is 0 Å². The van der Waals surface area contributed by atoms with E-state index in [0.29, 0.717) is 12.3 Å². The predicted octanol–water partition coefficient (Wildman–Crippen LogP) is 3.75. The summed E-state index contributed by atoms with van der Waals surface area (Å²) >= 11 is 0. The Kier molecular flexibility index (Phi) is 5.54. The average molecular weight is 247 g/mol. The molecule has 0 saturated carbocycles. The summed E-state index contributed by atoms with van der Waals surface area (Å²) in [7, 11) is 1.96. The first kappa shape index (κ1) is 14.9. The van der Waals surface area contributed by atoms with Crippen LogP contribution in [0.3, 0.4) is 0 Å². The molecule has 2 nitrogen and oxygen atoms in total. The van der Waals surface area contributed by atoms with Crippen molar-refractivity contribution in [3.63, 3.8) is 0 Å². The molecule has 0 amide bonds. The van der Waals surface area contributed by atoms with Gasteiger partial charge in [-0.1, -0.05) is 32.0 Å². The number of nitrogens with one attached hydrogen (secondary N) is 1. The Morgan fingerprint density at radius 2 is 2.00 bits per heavy atom. The van der Waals surface area contributed by atoms with Crippen LogP contribution < -0.4 is 5.32 Å². The van der Waals surface area contributed by atoms with Crippen molar-refractivity contribution in [1.29, 1.82) is 0 Å². The van der Waals surface area contributed by atoms with Crippen LogP contribution in [0.25, 0.3) is 0 Å². The zero-order valence-electron chi connectivity index (χ0n) is 12.2. The second-order valence-electron chi connectivity index (χ2n) is 5.35.